The van der Waals surface area contributed by atoms with Crippen molar-refractivity contribution in [2.45, 2.75) is 32.1 Å². The van der Waals surface area contributed by atoms with E-state index in [1.807, 2.05) is 6.08 Å². The van der Waals surface area contributed by atoms with E-state index in [1.165, 1.54) is 22.3 Å². The molecular formula is C20H20O. The molecule has 0 radical (unpaired) electrons. The third-order valence-corrected chi connectivity index (χ3v) is 4.15. The van der Waals surface area contributed by atoms with Crippen LogP contribution in [0.3, 0.4) is 0 Å². The largest absolute Gasteiger partial charge is 0.295 e. The van der Waals surface area contributed by atoms with Gasteiger partial charge in [0.2, 0.25) is 0 Å². The number of carbonyl (C=O) groups is 1. The van der Waals surface area contributed by atoms with Crippen LogP contribution in [0.15, 0.2) is 60.7 Å². The molecule has 2 aromatic rings. The van der Waals surface area contributed by atoms with Crippen LogP contribution in [0.2, 0.25) is 0 Å². The van der Waals surface area contributed by atoms with Crippen molar-refractivity contribution >= 4 is 5.78 Å². The predicted octanol–water partition coefficient (Wildman–Crippen LogP) is 4.26. The Labute approximate surface area is 126 Å². The van der Waals surface area contributed by atoms with Crippen molar-refractivity contribution in [1.29, 1.82) is 0 Å². The van der Waals surface area contributed by atoms with Crippen LogP contribution in [0.1, 0.15) is 35.1 Å². The Bertz CT molecular complexity index is 647. The Morgan fingerprint density at radius 1 is 0.905 bits per heavy atom. The van der Waals surface area contributed by atoms with Crippen LogP contribution in [0.25, 0.3) is 0 Å². The Hall–Kier alpha value is -2.15. The third kappa shape index (κ3) is 3.49. The van der Waals surface area contributed by atoms with Gasteiger partial charge >= 0.3 is 0 Å². The second-order valence-corrected chi connectivity index (χ2v) is 5.84. The summed E-state index contributed by atoms with van der Waals surface area (Å²) in [6, 6.07) is 17.8. The Morgan fingerprint density at radius 2 is 1.43 bits per heavy atom. The number of allylic oxidation sites excluding steroid dienone is 2. The second kappa shape index (κ2) is 6.09. The van der Waals surface area contributed by atoms with E-state index < -0.39 is 0 Å². The smallest absolute Gasteiger partial charge is 0.152 e. The molecule has 1 atom stereocenters. The fourth-order valence-electron chi connectivity index (χ4n) is 2.86. The van der Waals surface area contributed by atoms with E-state index in [2.05, 4.69) is 48.5 Å². The summed E-state index contributed by atoms with van der Waals surface area (Å²) in [6.07, 6.45) is 6.83. The van der Waals surface area contributed by atoms with Gasteiger partial charge in [-0.1, -0.05) is 54.6 Å². The van der Waals surface area contributed by atoms with Crippen molar-refractivity contribution in [3.63, 3.8) is 0 Å². The highest BCUT2D eigenvalue weighted by molar-refractivity contribution is 5.87. The number of rotatable bonds is 2. The number of carbonyl (C=O) groups excluding carboxylic acids is 1. The highest BCUT2D eigenvalue weighted by Crippen LogP contribution is 2.25. The number of hydrogen-bond donors (Lipinski definition) is 0. The van der Waals surface area contributed by atoms with Gasteiger partial charge < -0.3 is 0 Å². The average molecular weight is 276 g/mol. The summed E-state index contributed by atoms with van der Waals surface area (Å²) < 4.78 is 0. The van der Waals surface area contributed by atoms with Gasteiger partial charge in [-0.15, -0.1) is 0 Å². The number of aryl methyl sites for hydroxylation is 2. The molecule has 0 saturated heterocycles. The summed E-state index contributed by atoms with van der Waals surface area (Å²) >= 11 is 0. The second-order valence-electron chi connectivity index (χ2n) is 5.84. The van der Waals surface area contributed by atoms with Crippen LogP contribution < -0.4 is 0 Å². The summed E-state index contributed by atoms with van der Waals surface area (Å²) in [4.78, 5) is 11.3. The maximum atomic E-state index is 11.3. The van der Waals surface area contributed by atoms with Crippen molar-refractivity contribution in [1.82, 2.24) is 0 Å². The molecule has 0 N–H and O–H groups in total. The minimum atomic E-state index is 0.105. The van der Waals surface area contributed by atoms with Crippen LogP contribution in [-0.2, 0) is 24.1 Å². The van der Waals surface area contributed by atoms with E-state index >= 15 is 0 Å². The van der Waals surface area contributed by atoms with Gasteiger partial charge in [-0.25, -0.2) is 0 Å². The van der Waals surface area contributed by atoms with Crippen molar-refractivity contribution in [3.05, 3.63) is 82.9 Å². The lowest BCUT2D eigenvalue weighted by molar-refractivity contribution is -0.112. The van der Waals surface area contributed by atoms with E-state index in [4.69, 9.17) is 0 Å². The zero-order valence-electron chi connectivity index (χ0n) is 12.4. The zero-order chi connectivity index (χ0) is 14.7. The van der Waals surface area contributed by atoms with Crippen LogP contribution in [0, 0.1) is 0 Å². The molecule has 4 aliphatic rings. The maximum Gasteiger partial charge on any atom is 0.152 e. The van der Waals surface area contributed by atoms with Crippen LogP contribution >= 0.6 is 0 Å². The van der Waals surface area contributed by atoms with Crippen molar-refractivity contribution in [3.8, 4) is 0 Å². The highest BCUT2D eigenvalue weighted by atomic mass is 16.1. The van der Waals surface area contributed by atoms with Gasteiger partial charge in [-0.3, -0.25) is 4.79 Å². The predicted molar refractivity (Wildman–Crippen MR) is 86.6 cm³/mol. The van der Waals surface area contributed by atoms with E-state index in [1.54, 1.807) is 13.0 Å². The van der Waals surface area contributed by atoms with Crippen LogP contribution in [0.4, 0.5) is 0 Å². The van der Waals surface area contributed by atoms with E-state index in [9.17, 15) is 4.79 Å². The quantitative estimate of drug-likeness (QED) is 0.749. The first-order valence-electron chi connectivity index (χ1n) is 7.56. The number of benzene rings is 2. The molecule has 0 amide bonds. The average Bonchev–Trinajstić information content (AvgIpc) is 2.49. The van der Waals surface area contributed by atoms with Gasteiger partial charge in [0.25, 0.3) is 0 Å². The molecule has 0 aliphatic heterocycles. The first-order chi connectivity index (χ1) is 10.2. The minimum Gasteiger partial charge on any atom is -0.295 e. The third-order valence-electron chi connectivity index (χ3n) is 4.15. The van der Waals surface area contributed by atoms with Gasteiger partial charge in [0.05, 0.1) is 0 Å². The molecule has 4 bridgehead atoms. The van der Waals surface area contributed by atoms with Gasteiger partial charge in [0.1, 0.15) is 0 Å². The van der Waals surface area contributed by atoms with E-state index in [0.29, 0.717) is 0 Å². The molecule has 1 heteroatoms. The molecule has 0 heterocycles. The summed E-state index contributed by atoms with van der Waals surface area (Å²) in [6.45, 7) is 1.60. The molecule has 1 unspecified atom stereocenters. The fourth-order valence-corrected chi connectivity index (χ4v) is 2.86. The first-order valence-corrected chi connectivity index (χ1v) is 7.56. The van der Waals surface area contributed by atoms with Crippen molar-refractivity contribution in [2.24, 2.45) is 0 Å². The fraction of sp³-hybridized carbons (Fsp3) is 0.250. The lowest BCUT2D eigenvalue weighted by Gasteiger charge is -2.16. The Kier molecular flexibility index (Phi) is 4.01. The van der Waals surface area contributed by atoms with Crippen LogP contribution in [0.5, 0.6) is 0 Å². The molecule has 6 rings (SSSR count). The topological polar surface area (TPSA) is 17.1 Å². The molecule has 0 spiro atoms. The molecule has 0 saturated carbocycles. The normalized spacial score (nSPS) is 17.7. The molecular weight excluding hydrogens is 256 g/mol. The van der Waals surface area contributed by atoms with Gasteiger partial charge in [0.15, 0.2) is 5.78 Å². The van der Waals surface area contributed by atoms with E-state index in [0.717, 1.165) is 19.3 Å². The monoisotopic (exact) mass is 276 g/mol. The van der Waals surface area contributed by atoms with Gasteiger partial charge in [-0.05, 0) is 54.5 Å². The molecule has 0 aromatic heterocycles. The molecule has 1 nitrogen and oxygen atoms in total. The van der Waals surface area contributed by atoms with Gasteiger partial charge in [-0.2, -0.15) is 0 Å². The highest BCUT2D eigenvalue weighted by Gasteiger charge is 2.11. The van der Waals surface area contributed by atoms with Crippen molar-refractivity contribution in [2.75, 3.05) is 0 Å². The summed E-state index contributed by atoms with van der Waals surface area (Å²) in [7, 11) is 0. The molecule has 2 aromatic carbocycles. The maximum absolute atomic E-state index is 11.3. The Balaban J connectivity index is 1.99. The minimum absolute atomic E-state index is 0.105. The first kappa shape index (κ1) is 13.8. The number of ketones is 1. The molecule has 4 aliphatic carbocycles. The SMILES string of the molecule is CC(=O)/C=C/C1Cc2ccc(cc2)CCc2ccc1cc2. The molecule has 21 heavy (non-hydrogen) atoms. The standard InChI is InChI=1S/C20H20O/c1-15(21)2-11-20-14-18-7-5-16(6-8-18)3-4-17-9-12-19(20)13-10-17/h2,5-13,20H,3-4,14H2,1H3/b11-2+. The lowest BCUT2D eigenvalue weighted by atomic mass is 9.89. The lowest BCUT2D eigenvalue weighted by Crippen LogP contribution is -2.03. The molecule has 0 fully saturated rings. The van der Waals surface area contributed by atoms with Crippen LogP contribution in [-0.4, -0.2) is 5.78 Å². The number of hydrogen-bond acceptors (Lipinski definition) is 1. The van der Waals surface area contributed by atoms with Crippen molar-refractivity contribution < 1.29 is 4.79 Å². The zero-order valence-corrected chi connectivity index (χ0v) is 12.4. The molecule has 106 valence electrons. The Morgan fingerprint density at radius 3 is 2.00 bits per heavy atom. The summed E-state index contributed by atoms with van der Waals surface area (Å²) in [5, 5.41) is 0. The summed E-state index contributed by atoms with van der Waals surface area (Å²) in [5.41, 5.74) is 5.36. The van der Waals surface area contributed by atoms with Gasteiger partial charge in [0, 0.05) is 5.92 Å². The van der Waals surface area contributed by atoms with E-state index in [-0.39, 0.29) is 11.7 Å². The summed E-state index contributed by atoms with van der Waals surface area (Å²) in [5.74, 6) is 0.362.